The highest BCUT2D eigenvalue weighted by Crippen LogP contribution is 2.46. The van der Waals surface area contributed by atoms with Gasteiger partial charge in [0, 0.05) is 5.56 Å². The van der Waals surface area contributed by atoms with Gasteiger partial charge in [0.1, 0.15) is 17.6 Å². The number of Topliss-reactive ketones (excluding diaryl/α,β-unsaturated/α-hetero) is 1. The highest BCUT2D eigenvalue weighted by molar-refractivity contribution is 8.01. The SMILES string of the molecule is Cc1ccc(S(=O)(=O)OC2N(CC(=O)c3ccccc3)[C@@H]3C(=O)N[C@@H]3SC2(C)C)cc1. The molecule has 1 unspecified atom stereocenters. The molecule has 0 saturated carbocycles. The Bertz CT molecular complexity index is 1100. The molecule has 0 spiro atoms. The van der Waals surface area contributed by atoms with Gasteiger partial charge in [-0.15, -0.1) is 11.8 Å². The van der Waals surface area contributed by atoms with E-state index in [1.165, 1.54) is 23.9 Å². The van der Waals surface area contributed by atoms with Gasteiger partial charge in [0.2, 0.25) is 5.91 Å². The van der Waals surface area contributed by atoms with Crippen LogP contribution in [0.4, 0.5) is 0 Å². The van der Waals surface area contributed by atoms with Crippen molar-refractivity contribution in [2.75, 3.05) is 6.54 Å². The molecule has 31 heavy (non-hydrogen) atoms. The van der Waals surface area contributed by atoms with E-state index in [0.29, 0.717) is 5.56 Å². The maximum absolute atomic E-state index is 13.0. The summed E-state index contributed by atoms with van der Waals surface area (Å²) in [5.41, 5.74) is 1.42. The lowest BCUT2D eigenvalue weighted by Crippen LogP contribution is -2.76. The second kappa shape index (κ2) is 8.05. The minimum atomic E-state index is -4.11. The van der Waals surface area contributed by atoms with E-state index in [4.69, 9.17) is 4.18 Å². The van der Waals surface area contributed by atoms with E-state index in [0.717, 1.165) is 5.56 Å². The lowest BCUT2D eigenvalue weighted by Gasteiger charge is -2.55. The predicted octanol–water partition coefficient (Wildman–Crippen LogP) is 2.56. The molecule has 0 radical (unpaired) electrons. The predicted molar refractivity (Wildman–Crippen MR) is 118 cm³/mol. The molecule has 2 aromatic rings. The Morgan fingerprint density at radius 3 is 2.39 bits per heavy atom. The minimum absolute atomic E-state index is 0.0356. The number of hydrogen-bond donors (Lipinski definition) is 1. The van der Waals surface area contributed by atoms with Crippen LogP contribution in [0.5, 0.6) is 0 Å². The molecule has 2 aliphatic heterocycles. The Balaban J connectivity index is 1.67. The maximum Gasteiger partial charge on any atom is 0.298 e. The molecule has 0 aromatic heterocycles. The van der Waals surface area contributed by atoms with Crippen molar-refractivity contribution < 1.29 is 22.2 Å². The molecule has 2 aromatic carbocycles. The van der Waals surface area contributed by atoms with Crippen molar-refractivity contribution in [2.24, 2.45) is 0 Å². The Labute approximate surface area is 186 Å². The number of nitrogens with one attached hydrogen (secondary N) is 1. The zero-order valence-electron chi connectivity index (χ0n) is 17.4. The lowest BCUT2D eigenvalue weighted by molar-refractivity contribution is -0.142. The Morgan fingerprint density at radius 2 is 1.77 bits per heavy atom. The first-order valence-corrected chi connectivity index (χ1v) is 12.2. The van der Waals surface area contributed by atoms with Crippen LogP contribution < -0.4 is 5.32 Å². The number of hydrogen-bond acceptors (Lipinski definition) is 7. The quantitative estimate of drug-likeness (QED) is 0.402. The minimum Gasteiger partial charge on any atom is -0.341 e. The van der Waals surface area contributed by atoms with Crippen LogP contribution in [0.15, 0.2) is 59.5 Å². The number of ketones is 1. The third-order valence-electron chi connectivity index (χ3n) is 5.47. The van der Waals surface area contributed by atoms with Crippen molar-refractivity contribution in [1.82, 2.24) is 10.2 Å². The fraction of sp³-hybridized carbons (Fsp3) is 0.364. The Hall–Kier alpha value is -2.20. The van der Waals surface area contributed by atoms with Crippen molar-refractivity contribution in [1.29, 1.82) is 0 Å². The molecule has 164 valence electrons. The average molecular weight is 461 g/mol. The molecule has 1 N–H and O–H groups in total. The zero-order valence-corrected chi connectivity index (χ0v) is 19.1. The summed E-state index contributed by atoms with van der Waals surface area (Å²) in [6, 6.07) is 14.5. The monoisotopic (exact) mass is 460 g/mol. The molecule has 3 atom stereocenters. The molecule has 2 heterocycles. The van der Waals surface area contributed by atoms with E-state index in [1.807, 2.05) is 26.8 Å². The van der Waals surface area contributed by atoms with Crippen LogP contribution in [0, 0.1) is 6.92 Å². The van der Waals surface area contributed by atoms with Crippen LogP contribution in [0.2, 0.25) is 0 Å². The molecule has 7 nitrogen and oxygen atoms in total. The normalized spacial score (nSPS) is 25.3. The van der Waals surface area contributed by atoms with E-state index in [9.17, 15) is 18.0 Å². The summed E-state index contributed by atoms with van der Waals surface area (Å²) >= 11 is 1.44. The zero-order chi connectivity index (χ0) is 22.4. The number of carbonyl (C=O) groups excluding carboxylic acids is 2. The summed E-state index contributed by atoms with van der Waals surface area (Å²) in [5, 5.41) is 2.60. The highest BCUT2D eigenvalue weighted by Gasteiger charge is 2.58. The van der Waals surface area contributed by atoms with Crippen LogP contribution >= 0.6 is 11.8 Å². The fourth-order valence-electron chi connectivity index (χ4n) is 3.81. The third kappa shape index (κ3) is 4.27. The van der Waals surface area contributed by atoms with Gasteiger partial charge in [-0.2, -0.15) is 8.42 Å². The molecule has 2 aliphatic rings. The van der Waals surface area contributed by atoms with Gasteiger partial charge in [0.05, 0.1) is 16.2 Å². The Morgan fingerprint density at radius 1 is 1.13 bits per heavy atom. The number of rotatable bonds is 6. The number of benzene rings is 2. The van der Waals surface area contributed by atoms with E-state index >= 15 is 0 Å². The first-order valence-electron chi connectivity index (χ1n) is 9.91. The van der Waals surface area contributed by atoms with Crippen molar-refractivity contribution in [3.63, 3.8) is 0 Å². The van der Waals surface area contributed by atoms with Crippen molar-refractivity contribution in [3.05, 3.63) is 65.7 Å². The summed E-state index contributed by atoms with van der Waals surface area (Å²) in [6.07, 6.45) is -0.997. The van der Waals surface area contributed by atoms with Crippen LogP contribution in [0.1, 0.15) is 29.8 Å². The maximum atomic E-state index is 13.0. The van der Waals surface area contributed by atoms with E-state index < -0.39 is 27.1 Å². The number of β-lactam (4-membered cyclic amide) rings is 1. The summed E-state index contributed by atoms with van der Waals surface area (Å²) in [6.45, 7) is 5.45. The van der Waals surface area contributed by atoms with Gasteiger partial charge in [-0.3, -0.25) is 14.5 Å². The van der Waals surface area contributed by atoms with Gasteiger partial charge in [-0.25, -0.2) is 4.18 Å². The van der Waals surface area contributed by atoms with Gasteiger partial charge in [-0.1, -0.05) is 48.0 Å². The number of carbonyl (C=O) groups is 2. The lowest BCUT2D eigenvalue weighted by atomic mass is 10.0. The van der Waals surface area contributed by atoms with Crippen molar-refractivity contribution in [2.45, 2.75) is 48.1 Å². The molecular weight excluding hydrogens is 436 g/mol. The second-order valence-corrected chi connectivity index (χ2v) is 11.6. The molecule has 2 fully saturated rings. The summed E-state index contributed by atoms with van der Waals surface area (Å²) in [4.78, 5) is 26.9. The van der Waals surface area contributed by atoms with Crippen LogP contribution in [0.3, 0.4) is 0 Å². The van der Waals surface area contributed by atoms with E-state index in [2.05, 4.69) is 5.32 Å². The smallest absolute Gasteiger partial charge is 0.298 e. The molecule has 1 amide bonds. The first-order chi connectivity index (χ1) is 14.6. The number of aryl methyl sites for hydroxylation is 1. The van der Waals surface area contributed by atoms with Crippen LogP contribution in [0.25, 0.3) is 0 Å². The summed E-state index contributed by atoms with van der Waals surface area (Å²) < 4.78 is 31.1. The van der Waals surface area contributed by atoms with E-state index in [-0.39, 0.29) is 28.5 Å². The van der Waals surface area contributed by atoms with Crippen LogP contribution in [-0.4, -0.2) is 53.9 Å². The standard InChI is InChI=1S/C22H24N2O5S2/c1-14-9-11-16(12-10-14)31(27,28)29-21-22(2,3)30-20-18(19(26)23-20)24(21)13-17(25)15-7-5-4-6-8-15/h4-12,18,20-21H,13H2,1-3H3,(H,23,26)/t18-,20-,21?/m1/s1. The number of amides is 1. The molecule has 9 heteroatoms. The van der Waals surface area contributed by atoms with Crippen LogP contribution in [-0.2, 0) is 19.1 Å². The van der Waals surface area contributed by atoms with Gasteiger partial charge in [0.15, 0.2) is 5.78 Å². The second-order valence-electron chi connectivity index (χ2n) is 8.27. The van der Waals surface area contributed by atoms with Crippen molar-refractivity contribution in [3.8, 4) is 0 Å². The molecular formula is C22H24N2O5S2. The third-order valence-corrected chi connectivity index (χ3v) is 8.20. The highest BCUT2D eigenvalue weighted by atomic mass is 32.2. The number of thioether (sulfide) groups is 1. The van der Waals surface area contributed by atoms with Gasteiger partial charge in [0.25, 0.3) is 10.1 Å². The Kier molecular flexibility index (Phi) is 5.72. The number of nitrogens with zero attached hydrogens (tertiary/aromatic N) is 1. The van der Waals surface area contributed by atoms with E-state index in [1.54, 1.807) is 41.3 Å². The molecule has 2 saturated heterocycles. The summed E-state index contributed by atoms with van der Waals surface area (Å²) in [5.74, 6) is -0.446. The number of fused-ring (bicyclic) bond motifs is 1. The van der Waals surface area contributed by atoms with Gasteiger partial charge >= 0.3 is 0 Å². The molecule has 0 aliphatic carbocycles. The van der Waals surface area contributed by atoms with Crippen molar-refractivity contribution >= 4 is 33.6 Å². The largest absolute Gasteiger partial charge is 0.341 e. The van der Waals surface area contributed by atoms with Gasteiger partial charge in [-0.05, 0) is 32.9 Å². The molecule has 0 bridgehead atoms. The molecule has 4 rings (SSSR count). The first kappa shape index (κ1) is 22.0. The summed E-state index contributed by atoms with van der Waals surface area (Å²) in [7, 11) is -4.11. The van der Waals surface area contributed by atoms with Gasteiger partial charge < -0.3 is 5.32 Å². The fourth-order valence-corrected chi connectivity index (χ4v) is 6.58. The average Bonchev–Trinajstić information content (AvgIpc) is 2.71. The topological polar surface area (TPSA) is 92.8 Å².